The molecule has 0 aromatic carbocycles. The Kier molecular flexibility index (Phi) is 4.70. The average Bonchev–Trinajstić information content (AvgIpc) is 2.79. The van der Waals surface area contributed by atoms with Crippen molar-refractivity contribution in [3.8, 4) is 5.75 Å². The number of ether oxygens (including phenoxy) is 1. The number of carbonyl (C=O) groups excluding carboxylic acids is 1. The second-order valence-electron chi connectivity index (χ2n) is 4.93. The van der Waals surface area contributed by atoms with Crippen LogP contribution in [0, 0.1) is 5.92 Å². The summed E-state index contributed by atoms with van der Waals surface area (Å²) in [5.41, 5.74) is 0. The number of piperidine rings is 1. The molecule has 0 spiro atoms. The van der Waals surface area contributed by atoms with E-state index in [0.717, 1.165) is 10.2 Å². The van der Waals surface area contributed by atoms with E-state index in [1.165, 1.54) is 23.3 Å². The monoisotopic (exact) mass is 361 g/mol. The second-order valence-corrected chi connectivity index (χ2v) is 7.30. The van der Waals surface area contributed by atoms with Crippen LogP contribution >= 0.6 is 27.3 Å². The van der Waals surface area contributed by atoms with Gasteiger partial charge in [0.25, 0.3) is 5.91 Å². The molecule has 1 aromatic heterocycles. The Morgan fingerprint density at radius 1 is 1.55 bits per heavy atom. The fourth-order valence-corrected chi connectivity index (χ4v) is 3.96. The molecule has 2 atom stereocenters. The number of nitrogens with zero attached hydrogens (tertiary/aromatic N) is 1. The first-order valence-corrected chi connectivity index (χ1v) is 7.92. The summed E-state index contributed by atoms with van der Waals surface area (Å²) in [6.45, 7) is 2.50. The topological polar surface area (TPSA) is 66.8 Å². The fraction of sp³-hybridized carbons (Fsp3) is 0.538. The molecule has 1 aliphatic rings. The van der Waals surface area contributed by atoms with E-state index in [1.807, 2.05) is 6.92 Å². The molecule has 1 saturated heterocycles. The molecule has 0 bridgehead atoms. The number of carbonyl (C=O) groups is 2. The fourth-order valence-electron chi connectivity index (χ4n) is 2.36. The zero-order valence-corrected chi connectivity index (χ0v) is 13.7. The zero-order valence-electron chi connectivity index (χ0n) is 11.3. The van der Waals surface area contributed by atoms with Crippen LogP contribution in [0.1, 0.15) is 29.4 Å². The molecular weight excluding hydrogens is 346 g/mol. The number of amides is 1. The normalized spacial score (nSPS) is 22.6. The molecular formula is C13H16BrNO4S. The van der Waals surface area contributed by atoms with Crippen molar-refractivity contribution in [2.75, 3.05) is 13.7 Å². The molecule has 0 radical (unpaired) electrons. The largest absolute Gasteiger partial charge is 0.495 e. The Bertz CT molecular complexity index is 530. The highest BCUT2D eigenvalue weighted by Gasteiger charge is 2.35. The molecule has 1 aliphatic heterocycles. The summed E-state index contributed by atoms with van der Waals surface area (Å²) in [7, 11) is 1.53. The number of halogens is 1. The third-order valence-electron chi connectivity index (χ3n) is 3.50. The van der Waals surface area contributed by atoms with Gasteiger partial charge in [0.15, 0.2) is 0 Å². The number of methoxy groups -OCH3 is 1. The summed E-state index contributed by atoms with van der Waals surface area (Å²) in [5.74, 6) is -0.258. The quantitative estimate of drug-likeness (QED) is 0.898. The predicted octanol–water partition coefficient (Wildman–Crippen LogP) is 2.84. The van der Waals surface area contributed by atoms with E-state index in [9.17, 15) is 14.7 Å². The van der Waals surface area contributed by atoms with Gasteiger partial charge in [-0.1, -0.05) is 6.92 Å². The Labute approximate surface area is 129 Å². The standard InChI is InChI=1S/C13H16BrNO4S/c1-7-3-4-15(8(5-7)13(17)18)12(16)10-6-9(19-2)11(14)20-10/h6-8H,3-5H2,1-2H3,(H,17,18). The lowest BCUT2D eigenvalue weighted by Crippen LogP contribution is -2.49. The maximum Gasteiger partial charge on any atom is 0.326 e. The van der Waals surface area contributed by atoms with Crippen LogP contribution in [0.15, 0.2) is 9.85 Å². The second kappa shape index (κ2) is 6.13. The van der Waals surface area contributed by atoms with E-state index in [-0.39, 0.29) is 5.91 Å². The van der Waals surface area contributed by atoms with Crippen LogP contribution in [-0.2, 0) is 4.79 Å². The average molecular weight is 362 g/mol. The number of aliphatic carboxylic acids is 1. The first kappa shape index (κ1) is 15.3. The van der Waals surface area contributed by atoms with Gasteiger partial charge in [0, 0.05) is 12.6 Å². The lowest BCUT2D eigenvalue weighted by Gasteiger charge is -2.35. The summed E-state index contributed by atoms with van der Waals surface area (Å²) >= 11 is 4.59. The maximum absolute atomic E-state index is 12.5. The lowest BCUT2D eigenvalue weighted by molar-refractivity contribution is -0.144. The number of rotatable bonds is 3. The Balaban J connectivity index is 2.23. The first-order chi connectivity index (χ1) is 9.43. The molecule has 2 heterocycles. The predicted molar refractivity (Wildman–Crippen MR) is 79.4 cm³/mol. The van der Waals surface area contributed by atoms with Crippen LogP contribution in [0.4, 0.5) is 0 Å². The molecule has 1 amide bonds. The molecule has 0 aliphatic carbocycles. The minimum Gasteiger partial charge on any atom is -0.495 e. The highest BCUT2D eigenvalue weighted by molar-refractivity contribution is 9.11. The van der Waals surface area contributed by atoms with Gasteiger partial charge in [0.05, 0.1) is 12.0 Å². The molecule has 5 nitrogen and oxygen atoms in total. The molecule has 1 N–H and O–H groups in total. The van der Waals surface area contributed by atoms with E-state index in [2.05, 4.69) is 15.9 Å². The Hall–Kier alpha value is -1.08. The summed E-state index contributed by atoms with van der Waals surface area (Å²) < 4.78 is 5.87. The molecule has 1 aromatic rings. The Morgan fingerprint density at radius 2 is 2.25 bits per heavy atom. The van der Waals surface area contributed by atoms with E-state index in [0.29, 0.717) is 29.5 Å². The van der Waals surface area contributed by atoms with Crippen molar-refractivity contribution in [2.45, 2.75) is 25.8 Å². The molecule has 7 heteroatoms. The van der Waals surface area contributed by atoms with Crippen LogP contribution in [-0.4, -0.2) is 41.6 Å². The molecule has 1 fully saturated rings. The van der Waals surface area contributed by atoms with Gasteiger partial charge in [-0.3, -0.25) is 4.79 Å². The first-order valence-electron chi connectivity index (χ1n) is 6.31. The van der Waals surface area contributed by atoms with E-state index in [1.54, 1.807) is 6.07 Å². The van der Waals surface area contributed by atoms with Crippen LogP contribution in [0.5, 0.6) is 5.75 Å². The smallest absolute Gasteiger partial charge is 0.326 e. The van der Waals surface area contributed by atoms with Crippen LogP contribution in [0.3, 0.4) is 0 Å². The van der Waals surface area contributed by atoms with Crippen molar-refractivity contribution in [2.24, 2.45) is 5.92 Å². The Morgan fingerprint density at radius 3 is 2.80 bits per heavy atom. The molecule has 0 saturated carbocycles. The number of carboxylic acids is 1. The van der Waals surface area contributed by atoms with Crippen LogP contribution < -0.4 is 4.74 Å². The summed E-state index contributed by atoms with van der Waals surface area (Å²) in [5, 5.41) is 9.30. The lowest BCUT2D eigenvalue weighted by atomic mass is 9.92. The van der Waals surface area contributed by atoms with Gasteiger partial charge in [0.1, 0.15) is 15.6 Å². The van der Waals surface area contributed by atoms with Crippen LogP contribution in [0.25, 0.3) is 0 Å². The van der Waals surface area contributed by atoms with Gasteiger partial charge in [0.2, 0.25) is 0 Å². The molecule has 2 rings (SSSR count). The molecule has 20 heavy (non-hydrogen) atoms. The number of hydrogen-bond donors (Lipinski definition) is 1. The highest BCUT2D eigenvalue weighted by atomic mass is 79.9. The maximum atomic E-state index is 12.5. The molecule has 2 unspecified atom stereocenters. The van der Waals surface area contributed by atoms with Crippen molar-refractivity contribution in [3.05, 3.63) is 14.7 Å². The van der Waals surface area contributed by atoms with Crippen molar-refractivity contribution in [1.29, 1.82) is 0 Å². The van der Waals surface area contributed by atoms with Crippen molar-refractivity contribution < 1.29 is 19.4 Å². The third-order valence-corrected chi connectivity index (χ3v) is 5.27. The van der Waals surface area contributed by atoms with Gasteiger partial charge in [-0.15, -0.1) is 11.3 Å². The summed E-state index contributed by atoms with van der Waals surface area (Å²) in [4.78, 5) is 25.8. The third kappa shape index (κ3) is 2.98. The molecule has 110 valence electrons. The van der Waals surface area contributed by atoms with Crippen molar-refractivity contribution in [3.63, 3.8) is 0 Å². The van der Waals surface area contributed by atoms with Gasteiger partial charge < -0.3 is 14.7 Å². The number of hydrogen-bond acceptors (Lipinski definition) is 4. The van der Waals surface area contributed by atoms with Crippen molar-refractivity contribution >= 4 is 39.1 Å². The zero-order chi connectivity index (χ0) is 14.9. The van der Waals surface area contributed by atoms with E-state index >= 15 is 0 Å². The van der Waals surface area contributed by atoms with Gasteiger partial charge in [-0.05, 0) is 34.7 Å². The van der Waals surface area contributed by atoms with Crippen LogP contribution in [0.2, 0.25) is 0 Å². The minimum atomic E-state index is -0.938. The van der Waals surface area contributed by atoms with Gasteiger partial charge in [-0.25, -0.2) is 4.79 Å². The number of thiophene rings is 1. The van der Waals surface area contributed by atoms with Gasteiger partial charge >= 0.3 is 5.97 Å². The highest BCUT2D eigenvalue weighted by Crippen LogP contribution is 2.36. The summed E-state index contributed by atoms with van der Waals surface area (Å²) in [6.07, 6.45) is 1.34. The SMILES string of the molecule is COc1cc(C(=O)N2CCC(C)CC2C(=O)O)sc1Br. The van der Waals surface area contributed by atoms with Crippen molar-refractivity contribution in [1.82, 2.24) is 4.90 Å². The summed E-state index contributed by atoms with van der Waals surface area (Å²) in [6, 6.07) is 0.909. The van der Waals surface area contributed by atoms with Gasteiger partial charge in [-0.2, -0.15) is 0 Å². The van der Waals surface area contributed by atoms with E-state index in [4.69, 9.17) is 4.74 Å². The number of likely N-dealkylation sites (tertiary alicyclic amines) is 1. The number of carboxylic acid groups (broad SMARTS) is 1. The van der Waals surface area contributed by atoms with E-state index < -0.39 is 12.0 Å². The minimum absolute atomic E-state index is 0.238.